The molecular formula is C13H26N2O. The van der Waals surface area contributed by atoms with E-state index >= 15 is 0 Å². The molecule has 2 N–H and O–H groups in total. The van der Waals surface area contributed by atoms with Crippen LogP contribution in [0.15, 0.2) is 0 Å². The van der Waals surface area contributed by atoms with Crippen LogP contribution < -0.4 is 10.6 Å². The lowest BCUT2D eigenvalue weighted by molar-refractivity contribution is -0.123. The Bertz CT molecular complexity index is 227. The van der Waals surface area contributed by atoms with E-state index in [0.717, 1.165) is 25.9 Å². The first-order valence-electron chi connectivity index (χ1n) is 6.39. The number of hydrogen-bond acceptors (Lipinski definition) is 2. The van der Waals surface area contributed by atoms with E-state index in [-0.39, 0.29) is 17.4 Å². The van der Waals surface area contributed by atoms with Crippen LogP contribution in [0.2, 0.25) is 0 Å². The second kappa shape index (κ2) is 5.67. The summed E-state index contributed by atoms with van der Waals surface area (Å²) in [7, 11) is 0. The molecule has 1 atom stereocenters. The molecule has 94 valence electrons. The summed E-state index contributed by atoms with van der Waals surface area (Å²) in [6, 6.07) is 0.238. The van der Waals surface area contributed by atoms with Crippen molar-refractivity contribution < 1.29 is 4.79 Å². The molecule has 1 rings (SSSR count). The molecule has 0 radical (unpaired) electrons. The van der Waals surface area contributed by atoms with Crippen LogP contribution >= 0.6 is 0 Å². The van der Waals surface area contributed by atoms with E-state index in [1.54, 1.807) is 0 Å². The summed E-state index contributed by atoms with van der Waals surface area (Å²) < 4.78 is 0. The SMILES string of the molecule is CC(NC(=O)CC1CCNCC1)C(C)(C)C. The number of hydrogen-bond donors (Lipinski definition) is 2. The van der Waals surface area contributed by atoms with Gasteiger partial charge in [-0.2, -0.15) is 0 Å². The summed E-state index contributed by atoms with van der Waals surface area (Å²) in [5.74, 6) is 0.794. The van der Waals surface area contributed by atoms with E-state index in [4.69, 9.17) is 0 Å². The molecule has 1 amide bonds. The normalized spacial score (nSPS) is 20.5. The van der Waals surface area contributed by atoms with Crippen LogP contribution in [0.25, 0.3) is 0 Å². The standard InChI is InChI=1S/C13H26N2O/c1-10(13(2,3)4)15-12(16)9-11-5-7-14-8-6-11/h10-11,14H,5-9H2,1-4H3,(H,15,16). The molecule has 0 saturated carbocycles. The van der Waals surface area contributed by atoms with Gasteiger partial charge in [0.2, 0.25) is 5.91 Å². The van der Waals surface area contributed by atoms with Crippen LogP contribution in [0.3, 0.4) is 0 Å². The molecule has 0 aromatic carbocycles. The first kappa shape index (κ1) is 13.5. The highest BCUT2D eigenvalue weighted by molar-refractivity contribution is 5.76. The second-order valence-electron chi connectivity index (χ2n) is 6.05. The second-order valence-corrected chi connectivity index (χ2v) is 6.05. The lowest BCUT2D eigenvalue weighted by Crippen LogP contribution is -2.42. The summed E-state index contributed by atoms with van der Waals surface area (Å²) >= 11 is 0. The van der Waals surface area contributed by atoms with E-state index in [1.807, 2.05) is 0 Å². The van der Waals surface area contributed by atoms with Crippen molar-refractivity contribution in [3.05, 3.63) is 0 Å². The van der Waals surface area contributed by atoms with Gasteiger partial charge < -0.3 is 10.6 Å². The molecular weight excluding hydrogens is 200 g/mol. The number of amides is 1. The molecule has 16 heavy (non-hydrogen) atoms. The molecule has 0 aromatic heterocycles. The Balaban J connectivity index is 2.29. The maximum Gasteiger partial charge on any atom is 0.220 e. The van der Waals surface area contributed by atoms with Crippen LogP contribution in [0.5, 0.6) is 0 Å². The number of carbonyl (C=O) groups excluding carboxylic acids is 1. The van der Waals surface area contributed by atoms with Crippen LogP contribution in [0.1, 0.15) is 47.0 Å². The minimum absolute atomic E-state index is 0.143. The third kappa shape index (κ3) is 4.52. The van der Waals surface area contributed by atoms with Gasteiger partial charge >= 0.3 is 0 Å². The predicted octanol–water partition coefficient (Wildman–Crippen LogP) is 1.93. The minimum Gasteiger partial charge on any atom is -0.353 e. The fraction of sp³-hybridized carbons (Fsp3) is 0.923. The maximum absolute atomic E-state index is 11.8. The molecule has 1 aliphatic heterocycles. The Labute approximate surface area is 99.4 Å². The molecule has 1 aliphatic rings. The number of piperidine rings is 1. The fourth-order valence-corrected chi connectivity index (χ4v) is 1.86. The van der Waals surface area contributed by atoms with Crippen molar-refractivity contribution in [3.8, 4) is 0 Å². The third-order valence-electron chi connectivity index (χ3n) is 3.61. The van der Waals surface area contributed by atoms with E-state index in [0.29, 0.717) is 12.3 Å². The molecule has 0 spiro atoms. The van der Waals surface area contributed by atoms with Crippen molar-refractivity contribution in [1.29, 1.82) is 0 Å². The number of rotatable bonds is 3. The molecule has 3 heteroatoms. The lowest BCUT2D eigenvalue weighted by Gasteiger charge is -2.29. The molecule has 1 unspecified atom stereocenters. The Morgan fingerprint density at radius 3 is 2.44 bits per heavy atom. The van der Waals surface area contributed by atoms with Gasteiger partial charge in [0, 0.05) is 12.5 Å². The third-order valence-corrected chi connectivity index (χ3v) is 3.61. The first-order chi connectivity index (χ1) is 7.39. The average molecular weight is 226 g/mol. The van der Waals surface area contributed by atoms with E-state index in [1.165, 1.54) is 0 Å². The topological polar surface area (TPSA) is 41.1 Å². The van der Waals surface area contributed by atoms with Crippen molar-refractivity contribution in [2.45, 2.75) is 53.0 Å². The van der Waals surface area contributed by atoms with Crippen LogP contribution in [-0.2, 0) is 4.79 Å². The predicted molar refractivity (Wildman–Crippen MR) is 67.3 cm³/mol. The molecule has 0 aromatic rings. The van der Waals surface area contributed by atoms with Gasteiger partial charge in [-0.1, -0.05) is 20.8 Å². The Morgan fingerprint density at radius 1 is 1.38 bits per heavy atom. The maximum atomic E-state index is 11.8. The Kier molecular flexibility index (Phi) is 4.78. The van der Waals surface area contributed by atoms with Gasteiger partial charge in [-0.25, -0.2) is 0 Å². The van der Waals surface area contributed by atoms with Crippen molar-refractivity contribution in [2.24, 2.45) is 11.3 Å². The average Bonchev–Trinajstić information content (AvgIpc) is 2.17. The van der Waals surface area contributed by atoms with Crippen molar-refractivity contribution >= 4 is 5.91 Å². The monoisotopic (exact) mass is 226 g/mol. The highest BCUT2D eigenvalue weighted by Gasteiger charge is 2.23. The molecule has 3 nitrogen and oxygen atoms in total. The zero-order valence-electron chi connectivity index (χ0n) is 11.1. The summed E-state index contributed by atoms with van der Waals surface area (Å²) in [5.41, 5.74) is 0.143. The minimum atomic E-state index is 0.143. The van der Waals surface area contributed by atoms with Crippen molar-refractivity contribution in [3.63, 3.8) is 0 Å². The fourth-order valence-electron chi connectivity index (χ4n) is 1.86. The van der Waals surface area contributed by atoms with Gasteiger partial charge in [-0.3, -0.25) is 4.79 Å². The summed E-state index contributed by atoms with van der Waals surface area (Å²) in [4.78, 5) is 11.8. The van der Waals surface area contributed by atoms with Crippen LogP contribution in [0, 0.1) is 11.3 Å². The van der Waals surface area contributed by atoms with Gasteiger partial charge in [-0.15, -0.1) is 0 Å². The molecule has 1 saturated heterocycles. The molecule has 0 aliphatic carbocycles. The smallest absolute Gasteiger partial charge is 0.220 e. The van der Waals surface area contributed by atoms with E-state index in [9.17, 15) is 4.79 Å². The Hall–Kier alpha value is -0.570. The van der Waals surface area contributed by atoms with Gasteiger partial charge in [0.25, 0.3) is 0 Å². The van der Waals surface area contributed by atoms with E-state index < -0.39 is 0 Å². The zero-order chi connectivity index (χ0) is 12.2. The van der Waals surface area contributed by atoms with Crippen molar-refractivity contribution in [1.82, 2.24) is 10.6 Å². The number of nitrogens with one attached hydrogen (secondary N) is 2. The summed E-state index contributed by atoms with van der Waals surface area (Å²) in [6.07, 6.45) is 2.97. The molecule has 1 fully saturated rings. The Morgan fingerprint density at radius 2 is 1.94 bits per heavy atom. The first-order valence-corrected chi connectivity index (χ1v) is 6.39. The number of carbonyl (C=O) groups is 1. The quantitative estimate of drug-likeness (QED) is 0.772. The highest BCUT2D eigenvalue weighted by atomic mass is 16.1. The zero-order valence-corrected chi connectivity index (χ0v) is 11.1. The van der Waals surface area contributed by atoms with Gasteiger partial charge in [0.1, 0.15) is 0 Å². The van der Waals surface area contributed by atoms with Gasteiger partial charge in [0.05, 0.1) is 0 Å². The molecule has 1 heterocycles. The van der Waals surface area contributed by atoms with Gasteiger partial charge in [0.15, 0.2) is 0 Å². The largest absolute Gasteiger partial charge is 0.353 e. The van der Waals surface area contributed by atoms with Crippen LogP contribution in [-0.4, -0.2) is 25.0 Å². The lowest BCUT2D eigenvalue weighted by atomic mass is 9.87. The van der Waals surface area contributed by atoms with Gasteiger partial charge in [-0.05, 0) is 44.2 Å². The summed E-state index contributed by atoms with van der Waals surface area (Å²) in [5, 5.41) is 6.43. The highest BCUT2D eigenvalue weighted by Crippen LogP contribution is 2.20. The van der Waals surface area contributed by atoms with Crippen molar-refractivity contribution in [2.75, 3.05) is 13.1 Å². The molecule has 0 bridgehead atoms. The summed E-state index contributed by atoms with van der Waals surface area (Å²) in [6.45, 7) is 10.7. The van der Waals surface area contributed by atoms with E-state index in [2.05, 4.69) is 38.3 Å². The van der Waals surface area contributed by atoms with Crippen LogP contribution in [0.4, 0.5) is 0 Å².